The van der Waals surface area contributed by atoms with Crippen molar-refractivity contribution in [3.8, 4) is 0 Å². The smallest absolute Gasteiger partial charge is 0.236 e. The molecule has 0 atom stereocenters. The van der Waals surface area contributed by atoms with E-state index in [0.29, 0.717) is 6.54 Å². The van der Waals surface area contributed by atoms with Crippen molar-refractivity contribution < 1.29 is 4.79 Å². The number of H-pyrrole nitrogens is 1. The van der Waals surface area contributed by atoms with Crippen molar-refractivity contribution in [2.75, 3.05) is 33.7 Å². The molecule has 2 rings (SSSR count). The molecular formula is C13H22N4O. The lowest BCUT2D eigenvalue weighted by atomic mass is 9.77. The monoisotopic (exact) mass is 250 g/mol. The first kappa shape index (κ1) is 13.1. The molecule has 1 aromatic heterocycles. The molecule has 0 saturated carbocycles. The maximum absolute atomic E-state index is 11.7. The average Bonchev–Trinajstić information content (AvgIpc) is 2.86. The lowest BCUT2D eigenvalue weighted by Gasteiger charge is -2.38. The number of nitrogens with one attached hydrogen (secondary N) is 1. The standard InChI is InChI=1S/C13H22N4O/c1-13(11-4-7-14-15-11)5-8-17(9-6-13)10-12(18)16(2)3/h4,7H,5-6,8-10H2,1-3H3,(H,14,15). The van der Waals surface area contributed by atoms with Crippen molar-refractivity contribution in [3.05, 3.63) is 18.0 Å². The Morgan fingerprint density at radius 2 is 2.17 bits per heavy atom. The van der Waals surface area contributed by atoms with Gasteiger partial charge in [0, 0.05) is 31.4 Å². The SMILES string of the molecule is CN(C)C(=O)CN1CCC(C)(c2ccn[nH]2)CC1. The molecule has 100 valence electrons. The Kier molecular flexibility index (Phi) is 3.71. The molecule has 2 heterocycles. The predicted molar refractivity (Wildman–Crippen MR) is 70.3 cm³/mol. The summed E-state index contributed by atoms with van der Waals surface area (Å²) >= 11 is 0. The van der Waals surface area contributed by atoms with Crippen LogP contribution >= 0.6 is 0 Å². The molecule has 1 amide bonds. The molecule has 1 aromatic rings. The second kappa shape index (κ2) is 5.10. The van der Waals surface area contributed by atoms with E-state index in [2.05, 4.69) is 28.1 Å². The lowest BCUT2D eigenvalue weighted by molar-refractivity contribution is -0.130. The number of carbonyl (C=O) groups excluding carboxylic acids is 1. The number of carbonyl (C=O) groups is 1. The number of nitrogens with zero attached hydrogens (tertiary/aromatic N) is 3. The van der Waals surface area contributed by atoms with E-state index in [1.807, 2.05) is 6.20 Å². The fourth-order valence-corrected chi connectivity index (χ4v) is 2.40. The summed E-state index contributed by atoms with van der Waals surface area (Å²) < 4.78 is 0. The average molecular weight is 250 g/mol. The highest BCUT2D eigenvalue weighted by molar-refractivity contribution is 5.77. The van der Waals surface area contributed by atoms with Crippen LogP contribution < -0.4 is 0 Å². The van der Waals surface area contributed by atoms with Gasteiger partial charge in [-0.2, -0.15) is 5.10 Å². The maximum Gasteiger partial charge on any atom is 0.236 e. The normalized spacial score (nSPS) is 19.7. The molecule has 1 aliphatic heterocycles. The van der Waals surface area contributed by atoms with Gasteiger partial charge in [-0.15, -0.1) is 0 Å². The van der Waals surface area contributed by atoms with E-state index in [0.717, 1.165) is 25.9 Å². The van der Waals surface area contributed by atoms with E-state index < -0.39 is 0 Å². The fraction of sp³-hybridized carbons (Fsp3) is 0.692. The van der Waals surface area contributed by atoms with E-state index in [9.17, 15) is 4.79 Å². The van der Waals surface area contributed by atoms with Crippen LogP contribution in [-0.4, -0.2) is 59.6 Å². The van der Waals surface area contributed by atoms with Gasteiger partial charge in [-0.1, -0.05) is 6.92 Å². The third-order valence-electron chi connectivity index (χ3n) is 3.97. The number of likely N-dealkylation sites (N-methyl/N-ethyl adjacent to an activating group) is 1. The van der Waals surface area contributed by atoms with Crippen molar-refractivity contribution in [1.29, 1.82) is 0 Å². The number of likely N-dealkylation sites (tertiary alicyclic amines) is 1. The summed E-state index contributed by atoms with van der Waals surface area (Å²) in [6.45, 7) is 4.74. The van der Waals surface area contributed by atoms with Crippen LogP contribution in [0.1, 0.15) is 25.5 Å². The zero-order valence-corrected chi connectivity index (χ0v) is 11.4. The van der Waals surface area contributed by atoms with Crippen LogP contribution in [-0.2, 0) is 10.2 Å². The number of piperidine rings is 1. The second-order valence-electron chi connectivity index (χ2n) is 5.60. The number of aromatic amines is 1. The van der Waals surface area contributed by atoms with E-state index in [-0.39, 0.29) is 11.3 Å². The number of amides is 1. The molecule has 1 fully saturated rings. The topological polar surface area (TPSA) is 52.2 Å². The van der Waals surface area contributed by atoms with Gasteiger partial charge >= 0.3 is 0 Å². The molecule has 0 aliphatic carbocycles. The summed E-state index contributed by atoms with van der Waals surface area (Å²) in [5.74, 6) is 0.181. The maximum atomic E-state index is 11.7. The number of rotatable bonds is 3. The largest absolute Gasteiger partial charge is 0.348 e. The molecular weight excluding hydrogens is 228 g/mol. The minimum Gasteiger partial charge on any atom is -0.348 e. The molecule has 0 bridgehead atoms. The first-order valence-electron chi connectivity index (χ1n) is 6.44. The van der Waals surface area contributed by atoms with Crippen molar-refractivity contribution >= 4 is 5.91 Å². The molecule has 1 saturated heterocycles. The summed E-state index contributed by atoms with van der Waals surface area (Å²) in [5.41, 5.74) is 1.38. The van der Waals surface area contributed by atoms with Crippen LogP contribution in [0.2, 0.25) is 0 Å². The van der Waals surface area contributed by atoms with E-state index >= 15 is 0 Å². The van der Waals surface area contributed by atoms with Gasteiger partial charge in [0.2, 0.25) is 5.91 Å². The highest BCUT2D eigenvalue weighted by atomic mass is 16.2. The summed E-state index contributed by atoms with van der Waals surface area (Å²) in [5, 5.41) is 7.11. The highest BCUT2D eigenvalue weighted by Crippen LogP contribution is 2.33. The molecule has 18 heavy (non-hydrogen) atoms. The Morgan fingerprint density at radius 3 is 2.67 bits per heavy atom. The predicted octanol–water partition coefficient (Wildman–Crippen LogP) is 0.851. The van der Waals surface area contributed by atoms with Gasteiger partial charge in [0.1, 0.15) is 0 Å². The zero-order valence-electron chi connectivity index (χ0n) is 11.4. The van der Waals surface area contributed by atoms with Gasteiger partial charge in [0.05, 0.1) is 6.54 Å². The molecule has 0 aromatic carbocycles. The van der Waals surface area contributed by atoms with E-state index in [1.54, 1.807) is 19.0 Å². The van der Waals surface area contributed by atoms with Gasteiger partial charge in [-0.3, -0.25) is 14.8 Å². The first-order chi connectivity index (χ1) is 8.51. The zero-order chi connectivity index (χ0) is 13.2. The third-order valence-corrected chi connectivity index (χ3v) is 3.97. The number of hydrogen-bond donors (Lipinski definition) is 1. The Hall–Kier alpha value is -1.36. The quantitative estimate of drug-likeness (QED) is 0.865. The number of aromatic nitrogens is 2. The van der Waals surface area contributed by atoms with Crippen LogP contribution in [0, 0.1) is 0 Å². The van der Waals surface area contributed by atoms with Crippen molar-refractivity contribution in [2.45, 2.75) is 25.2 Å². The van der Waals surface area contributed by atoms with Gasteiger partial charge in [-0.05, 0) is 32.0 Å². The summed E-state index contributed by atoms with van der Waals surface area (Å²) in [6, 6.07) is 2.06. The highest BCUT2D eigenvalue weighted by Gasteiger charge is 2.33. The summed E-state index contributed by atoms with van der Waals surface area (Å²) in [7, 11) is 3.61. The molecule has 0 radical (unpaired) electrons. The fourth-order valence-electron chi connectivity index (χ4n) is 2.40. The second-order valence-corrected chi connectivity index (χ2v) is 5.60. The van der Waals surface area contributed by atoms with Crippen LogP contribution in [0.25, 0.3) is 0 Å². The Balaban J connectivity index is 1.90. The molecule has 1 N–H and O–H groups in total. The first-order valence-corrected chi connectivity index (χ1v) is 6.44. The molecule has 5 nitrogen and oxygen atoms in total. The van der Waals surface area contributed by atoms with Crippen LogP contribution in [0.4, 0.5) is 0 Å². The van der Waals surface area contributed by atoms with Gasteiger partial charge in [-0.25, -0.2) is 0 Å². The molecule has 0 unspecified atom stereocenters. The Bertz CT molecular complexity index is 391. The third kappa shape index (κ3) is 2.72. The Labute approximate surface area is 108 Å². The van der Waals surface area contributed by atoms with Crippen LogP contribution in [0.3, 0.4) is 0 Å². The van der Waals surface area contributed by atoms with E-state index in [4.69, 9.17) is 0 Å². The summed E-state index contributed by atoms with van der Waals surface area (Å²) in [6.07, 6.45) is 3.94. The number of hydrogen-bond acceptors (Lipinski definition) is 3. The Morgan fingerprint density at radius 1 is 1.50 bits per heavy atom. The van der Waals surface area contributed by atoms with Crippen LogP contribution in [0.15, 0.2) is 12.3 Å². The molecule has 0 spiro atoms. The van der Waals surface area contributed by atoms with E-state index in [1.165, 1.54) is 5.69 Å². The van der Waals surface area contributed by atoms with Gasteiger partial charge in [0.25, 0.3) is 0 Å². The van der Waals surface area contributed by atoms with Crippen molar-refractivity contribution in [2.24, 2.45) is 0 Å². The lowest BCUT2D eigenvalue weighted by Crippen LogP contribution is -2.45. The van der Waals surface area contributed by atoms with Gasteiger partial charge < -0.3 is 4.90 Å². The molecule has 1 aliphatic rings. The van der Waals surface area contributed by atoms with Crippen molar-refractivity contribution in [3.63, 3.8) is 0 Å². The van der Waals surface area contributed by atoms with Crippen LogP contribution in [0.5, 0.6) is 0 Å². The van der Waals surface area contributed by atoms with Crippen molar-refractivity contribution in [1.82, 2.24) is 20.0 Å². The minimum atomic E-state index is 0.175. The molecule has 5 heteroatoms. The minimum absolute atomic E-state index is 0.175. The van der Waals surface area contributed by atoms with Gasteiger partial charge in [0.15, 0.2) is 0 Å². The summed E-state index contributed by atoms with van der Waals surface area (Å²) in [4.78, 5) is 15.6.